The molecule has 0 aliphatic carbocycles. The molecule has 0 aliphatic rings. The van der Waals surface area contributed by atoms with Gasteiger partial charge in [-0.05, 0) is 27.2 Å². The molecule has 1 radical (unpaired) electrons. The number of carbonyl (C=O) groups is 1. The predicted molar refractivity (Wildman–Crippen MR) is 39.0 cm³/mol. The highest BCUT2D eigenvalue weighted by molar-refractivity contribution is 5.77. The van der Waals surface area contributed by atoms with Crippen molar-refractivity contribution in [1.29, 1.82) is 0 Å². The van der Waals surface area contributed by atoms with Crippen LogP contribution in [-0.2, 0) is 4.79 Å². The van der Waals surface area contributed by atoms with E-state index in [1.54, 1.807) is 6.92 Å². The number of rotatable bonds is 3. The molecule has 0 saturated carbocycles. The van der Waals surface area contributed by atoms with Gasteiger partial charge >= 0.3 is 0 Å². The number of Topliss-reactive ketones (excluding diaryl/α,β-unsaturated/α-hetero) is 1. The van der Waals surface area contributed by atoms with Gasteiger partial charge in [0.25, 0.3) is 0 Å². The molecule has 0 atom stereocenters. The van der Waals surface area contributed by atoms with Gasteiger partial charge in [-0.3, -0.25) is 4.79 Å². The maximum Gasteiger partial charge on any atom is 0.133 e. The Morgan fingerprint density at radius 1 is 1.56 bits per heavy atom. The summed E-state index contributed by atoms with van der Waals surface area (Å²) in [5.74, 6) is 0.220. The van der Waals surface area contributed by atoms with Gasteiger partial charge in [0.2, 0.25) is 0 Å². The van der Waals surface area contributed by atoms with Gasteiger partial charge in [0.15, 0.2) is 0 Å². The molecule has 0 bridgehead atoms. The number of ketones is 1. The van der Waals surface area contributed by atoms with Crippen molar-refractivity contribution in [3.05, 3.63) is 18.6 Å². The number of hydrogen-bond acceptors (Lipinski definition) is 1. The average molecular weight is 125 g/mol. The van der Waals surface area contributed by atoms with E-state index in [0.717, 1.165) is 12.0 Å². The van der Waals surface area contributed by atoms with Gasteiger partial charge in [-0.25, -0.2) is 0 Å². The Bertz CT molecular complexity index is 123. The van der Waals surface area contributed by atoms with Crippen LogP contribution in [0.25, 0.3) is 0 Å². The van der Waals surface area contributed by atoms with Gasteiger partial charge in [-0.15, -0.1) is 0 Å². The number of carbonyl (C=O) groups excluding carboxylic acids is 1. The molecule has 0 N–H and O–H groups in total. The van der Waals surface area contributed by atoms with Gasteiger partial charge in [0.1, 0.15) is 5.78 Å². The number of allylic oxidation sites excluding steroid dienone is 2. The lowest BCUT2D eigenvalue weighted by molar-refractivity contribution is -0.116. The molecule has 1 heteroatoms. The second kappa shape index (κ2) is 4.30. The first-order chi connectivity index (χ1) is 4.16. The first-order valence-corrected chi connectivity index (χ1v) is 3.11. The second-order valence-corrected chi connectivity index (χ2v) is 2.22. The molecular weight excluding hydrogens is 112 g/mol. The highest BCUT2D eigenvalue weighted by atomic mass is 16.1. The Morgan fingerprint density at radius 3 is 2.44 bits per heavy atom. The van der Waals surface area contributed by atoms with Gasteiger partial charge in [0, 0.05) is 6.42 Å². The Hall–Kier alpha value is -0.590. The van der Waals surface area contributed by atoms with E-state index >= 15 is 0 Å². The molecule has 51 valence electrons. The summed E-state index contributed by atoms with van der Waals surface area (Å²) in [5.41, 5.74) is 1.12. The molecule has 0 fully saturated rings. The molecule has 0 heterocycles. The number of hydrogen-bond donors (Lipinski definition) is 0. The highest BCUT2D eigenvalue weighted by Gasteiger charge is 1.92. The van der Waals surface area contributed by atoms with Crippen molar-refractivity contribution < 1.29 is 4.79 Å². The fourth-order valence-corrected chi connectivity index (χ4v) is 0.711. The van der Waals surface area contributed by atoms with Crippen LogP contribution in [0.5, 0.6) is 0 Å². The van der Waals surface area contributed by atoms with E-state index in [2.05, 4.69) is 6.92 Å². The molecule has 0 aromatic carbocycles. The molecule has 0 amide bonds. The zero-order valence-corrected chi connectivity index (χ0v) is 6.11. The van der Waals surface area contributed by atoms with E-state index in [1.165, 1.54) is 0 Å². The van der Waals surface area contributed by atoms with E-state index < -0.39 is 0 Å². The molecule has 1 nitrogen and oxygen atoms in total. The normalized spacial score (nSPS) is 11.7. The summed E-state index contributed by atoms with van der Waals surface area (Å²) in [6.07, 6.45) is 3.33. The van der Waals surface area contributed by atoms with Crippen LogP contribution < -0.4 is 0 Å². The third-order valence-corrected chi connectivity index (χ3v) is 1.02. The van der Waals surface area contributed by atoms with Crippen molar-refractivity contribution in [2.24, 2.45) is 0 Å². The highest BCUT2D eigenvalue weighted by Crippen LogP contribution is 2.00. The lowest BCUT2D eigenvalue weighted by Crippen LogP contribution is -1.89. The van der Waals surface area contributed by atoms with Crippen LogP contribution in [0.15, 0.2) is 11.6 Å². The molecule has 0 rings (SSSR count). The Morgan fingerprint density at radius 2 is 2.11 bits per heavy atom. The fraction of sp³-hybridized carbons (Fsp3) is 0.500. The fourth-order valence-electron chi connectivity index (χ4n) is 0.711. The third kappa shape index (κ3) is 5.28. The average Bonchev–Trinajstić information content (AvgIpc) is 1.63. The lowest BCUT2D eigenvalue weighted by atomic mass is 10.1. The van der Waals surface area contributed by atoms with Crippen molar-refractivity contribution in [1.82, 2.24) is 0 Å². The van der Waals surface area contributed by atoms with Crippen molar-refractivity contribution >= 4 is 5.78 Å². The van der Waals surface area contributed by atoms with Crippen molar-refractivity contribution in [2.75, 3.05) is 0 Å². The topological polar surface area (TPSA) is 17.1 Å². The van der Waals surface area contributed by atoms with Gasteiger partial charge in [-0.1, -0.05) is 11.6 Å². The summed E-state index contributed by atoms with van der Waals surface area (Å²) in [6, 6.07) is 0. The molecule has 0 spiro atoms. The summed E-state index contributed by atoms with van der Waals surface area (Å²) in [7, 11) is 0. The van der Waals surface area contributed by atoms with Crippen molar-refractivity contribution in [2.45, 2.75) is 26.7 Å². The van der Waals surface area contributed by atoms with E-state index in [4.69, 9.17) is 0 Å². The summed E-state index contributed by atoms with van der Waals surface area (Å²) in [6.45, 7) is 7.19. The smallest absolute Gasteiger partial charge is 0.133 e. The minimum Gasteiger partial charge on any atom is -0.300 e. The molecule has 0 saturated heterocycles. The SMILES string of the molecule is [CH2]CC=C(C)CC(C)=O. The molecule has 0 aromatic rings. The first-order valence-electron chi connectivity index (χ1n) is 3.11. The van der Waals surface area contributed by atoms with E-state index in [9.17, 15) is 4.79 Å². The van der Waals surface area contributed by atoms with Crippen LogP contribution in [-0.4, -0.2) is 5.78 Å². The van der Waals surface area contributed by atoms with Gasteiger partial charge in [-0.2, -0.15) is 0 Å². The van der Waals surface area contributed by atoms with Crippen LogP contribution in [0.2, 0.25) is 0 Å². The van der Waals surface area contributed by atoms with Crippen molar-refractivity contribution in [3.8, 4) is 0 Å². The minimum atomic E-state index is 0.220. The minimum absolute atomic E-state index is 0.220. The van der Waals surface area contributed by atoms with Gasteiger partial charge in [0.05, 0.1) is 0 Å². The maximum absolute atomic E-state index is 10.5. The molecule has 0 aliphatic heterocycles. The van der Waals surface area contributed by atoms with E-state index in [-0.39, 0.29) is 5.78 Å². The third-order valence-electron chi connectivity index (χ3n) is 1.02. The van der Waals surface area contributed by atoms with Crippen LogP contribution in [0.1, 0.15) is 26.7 Å². The lowest BCUT2D eigenvalue weighted by Gasteiger charge is -1.93. The van der Waals surface area contributed by atoms with Crippen LogP contribution >= 0.6 is 0 Å². The zero-order chi connectivity index (χ0) is 7.28. The Kier molecular flexibility index (Phi) is 4.02. The predicted octanol–water partition coefficient (Wildman–Crippen LogP) is 2.14. The van der Waals surface area contributed by atoms with E-state index in [0.29, 0.717) is 6.42 Å². The molecule has 0 unspecified atom stereocenters. The van der Waals surface area contributed by atoms with Gasteiger partial charge < -0.3 is 0 Å². The zero-order valence-electron chi connectivity index (χ0n) is 6.11. The standard InChI is InChI=1S/C8H13O/c1-4-5-7(2)6-8(3)9/h5H,1,4,6H2,2-3H3. The monoisotopic (exact) mass is 125 g/mol. The van der Waals surface area contributed by atoms with Crippen LogP contribution in [0.4, 0.5) is 0 Å². The summed E-state index contributed by atoms with van der Waals surface area (Å²) < 4.78 is 0. The van der Waals surface area contributed by atoms with Crippen LogP contribution in [0.3, 0.4) is 0 Å². The Labute approximate surface area is 56.8 Å². The van der Waals surface area contributed by atoms with Crippen molar-refractivity contribution in [3.63, 3.8) is 0 Å². The second-order valence-electron chi connectivity index (χ2n) is 2.22. The maximum atomic E-state index is 10.5. The summed E-state index contributed by atoms with van der Waals surface area (Å²) >= 11 is 0. The van der Waals surface area contributed by atoms with E-state index in [1.807, 2.05) is 13.0 Å². The quantitative estimate of drug-likeness (QED) is 0.528. The molecular formula is C8H13O. The summed E-state index contributed by atoms with van der Waals surface area (Å²) in [5, 5.41) is 0. The molecule has 9 heavy (non-hydrogen) atoms. The first kappa shape index (κ1) is 8.41. The Balaban J connectivity index is 3.62. The summed E-state index contributed by atoms with van der Waals surface area (Å²) in [4.78, 5) is 10.5. The largest absolute Gasteiger partial charge is 0.300 e. The molecule has 0 aromatic heterocycles. The van der Waals surface area contributed by atoms with Crippen LogP contribution in [0, 0.1) is 6.92 Å².